The first-order valence-electron chi connectivity index (χ1n) is 8.06. The maximum Gasteiger partial charge on any atom is 0.335 e. The van der Waals surface area contributed by atoms with Crippen molar-refractivity contribution in [2.45, 2.75) is 39.0 Å². The third-order valence-corrected chi connectivity index (χ3v) is 3.50. The lowest BCUT2D eigenvalue weighted by Crippen LogP contribution is -2.12. The van der Waals surface area contributed by atoms with Crippen LogP contribution in [0, 0.1) is 0 Å². The average Bonchev–Trinajstić information content (AvgIpc) is 3.03. The summed E-state index contributed by atoms with van der Waals surface area (Å²) in [7, 11) is 1.42. The Kier molecular flexibility index (Phi) is 6.50. The number of carboxylic acid groups (broad SMARTS) is 1. The number of aromatic nitrogens is 2. The Hall–Kier alpha value is -2.90. The molecule has 0 atom stereocenters. The minimum Gasteiger partial charge on any atom is -0.495 e. The predicted octanol–water partition coefficient (Wildman–Crippen LogP) is 2.69. The van der Waals surface area contributed by atoms with E-state index in [4.69, 9.17) is 14.4 Å². The lowest BCUT2D eigenvalue weighted by atomic mass is 10.1. The number of carbonyl (C=O) groups excluding carboxylic acids is 1. The van der Waals surface area contributed by atoms with E-state index in [1.165, 1.54) is 25.3 Å². The number of carbonyl (C=O) groups is 2. The highest BCUT2D eigenvalue weighted by Crippen LogP contribution is 2.25. The van der Waals surface area contributed by atoms with Crippen LogP contribution in [0.1, 0.15) is 48.3 Å². The van der Waals surface area contributed by atoms with Gasteiger partial charge in [0, 0.05) is 19.3 Å². The Morgan fingerprint density at radius 2 is 2.12 bits per heavy atom. The molecule has 8 heteroatoms. The number of ether oxygens (including phenoxy) is 1. The molecule has 1 amide bonds. The van der Waals surface area contributed by atoms with Crippen LogP contribution in [0.4, 0.5) is 5.69 Å². The van der Waals surface area contributed by atoms with Gasteiger partial charge >= 0.3 is 5.97 Å². The molecule has 0 spiro atoms. The van der Waals surface area contributed by atoms with Crippen molar-refractivity contribution in [1.29, 1.82) is 0 Å². The van der Waals surface area contributed by atoms with Gasteiger partial charge in [0.25, 0.3) is 0 Å². The summed E-state index contributed by atoms with van der Waals surface area (Å²) in [4.78, 5) is 27.3. The Morgan fingerprint density at radius 3 is 2.80 bits per heavy atom. The number of carboxylic acids is 1. The second kappa shape index (κ2) is 8.81. The summed E-state index contributed by atoms with van der Waals surface area (Å²) < 4.78 is 10.2. The smallest absolute Gasteiger partial charge is 0.335 e. The summed E-state index contributed by atoms with van der Waals surface area (Å²) in [6, 6.07) is 4.29. The van der Waals surface area contributed by atoms with Gasteiger partial charge in [-0.3, -0.25) is 4.79 Å². The molecule has 0 aliphatic carbocycles. The summed E-state index contributed by atoms with van der Waals surface area (Å²) in [6.45, 7) is 2.04. The standard InChI is InChI=1S/C17H21N3O5/c1-3-5-14-19-16(25-20-14)7-4-6-15(21)18-12-9-8-11(17(22)23)10-13(12)24-2/h8-10H,3-7H2,1-2H3,(H,18,21)(H,22,23). The minimum absolute atomic E-state index is 0.0918. The number of hydrogen-bond donors (Lipinski definition) is 2. The number of anilines is 1. The molecular formula is C17H21N3O5. The predicted molar refractivity (Wildman–Crippen MR) is 89.8 cm³/mol. The van der Waals surface area contributed by atoms with Crippen LogP contribution < -0.4 is 10.1 Å². The van der Waals surface area contributed by atoms with E-state index in [9.17, 15) is 9.59 Å². The van der Waals surface area contributed by atoms with Gasteiger partial charge in [0.05, 0.1) is 18.4 Å². The maximum atomic E-state index is 12.0. The number of benzene rings is 1. The molecule has 2 aromatic rings. The number of hydrogen-bond acceptors (Lipinski definition) is 6. The summed E-state index contributed by atoms with van der Waals surface area (Å²) in [5.74, 6) is 0.257. The third kappa shape index (κ3) is 5.30. The first-order valence-corrected chi connectivity index (χ1v) is 8.06. The number of nitrogens with one attached hydrogen (secondary N) is 1. The van der Waals surface area contributed by atoms with E-state index in [2.05, 4.69) is 15.5 Å². The van der Waals surface area contributed by atoms with E-state index < -0.39 is 5.97 Å². The van der Waals surface area contributed by atoms with Crippen molar-refractivity contribution >= 4 is 17.6 Å². The molecule has 0 radical (unpaired) electrons. The van der Waals surface area contributed by atoms with E-state index in [0.29, 0.717) is 36.0 Å². The molecule has 0 aliphatic rings. The molecule has 2 N–H and O–H groups in total. The van der Waals surface area contributed by atoms with Crippen molar-refractivity contribution in [3.8, 4) is 5.75 Å². The minimum atomic E-state index is -1.06. The van der Waals surface area contributed by atoms with Gasteiger partial charge in [-0.1, -0.05) is 12.1 Å². The number of nitrogens with zero attached hydrogens (tertiary/aromatic N) is 2. The second-order valence-corrected chi connectivity index (χ2v) is 5.48. The summed E-state index contributed by atoms with van der Waals surface area (Å²) in [6.07, 6.45) is 3.09. The zero-order valence-corrected chi connectivity index (χ0v) is 14.2. The molecule has 0 unspecified atom stereocenters. The number of aromatic carboxylic acids is 1. The SMILES string of the molecule is CCCc1noc(CCCC(=O)Nc2ccc(C(=O)O)cc2OC)n1. The molecule has 1 aromatic carbocycles. The van der Waals surface area contributed by atoms with Crippen LogP contribution in [0.15, 0.2) is 22.7 Å². The lowest BCUT2D eigenvalue weighted by molar-refractivity contribution is -0.116. The van der Waals surface area contributed by atoms with Gasteiger partial charge in [0.1, 0.15) is 5.75 Å². The quantitative estimate of drug-likeness (QED) is 0.716. The van der Waals surface area contributed by atoms with Crippen molar-refractivity contribution in [2.75, 3.05) is 12.4 Å². The van der Waals surface area contributed by atoms with Crippen molar-refractivity contribution in [3.05, 3.63) is 35.5 Å². The van der Waals surface area contributed by atoms with Gasteiger partial charge in [-0.2, -0.15) is 4.98 Å². The van der Waals surface area contributed by atoms with Crippen LogP contribution in [-0.4, -0.2) is 34.2 Å². The first-order chi connectivity index (χ1) is 12.0. The fraction of sp³-hybridized carbons (Fsp3) is 0.412. The number of amides is 1. The van der Waals surface area contributed by atoms with Crippen LogP contribution >= 0.6 is 0 Å². The number of methoxy groups -OCH3 is 1. The Balaban J connectivity index is 1.86. The highest BCUT2D eigenvalue weighted by molar-refractivity contribution is 5.94. The Bertz CT molecular complexity index is 742. The van der Waals surface area contributed by atoms with Crippen LogP contribution in [0.2, 0.25) is 0 Å². The zero-order chi connectivity index (χ0) is 18.2. The topological polar surface area (TPSA) is 115 Å². The van der Waals surface area contributed by atoms with Crippen molar-refractivity contribution in [1.82, 2.24) is 10.1 Å². The molecule has 134 valence electrons. The molecule has 1 aromatic heterocycles. The van der Waals surface area contributed by atoms with E-state index in [1.807, 2.05) is 6.92 Å². The summed E-state index contributed by atoms with van der Waals surface area (Å²) in [5, 5.41) is 15.6. The highest BCUT2D eigenvalue weighted by atomic mass is 16.5. The van der Waals surface area contributed by atoms with Crippen LogP contribution in [0.3, 0.4) is 0 Å². The van der Waals surface area contributed by atoms with Crippen LogP contribution in [0.5, 0.6) is 5.75 Å². The van der Waals surface area contributed by atoms with Gasteiger partial charge in [0.2, 0.25) is 11.8 Å². The molecule has 1 heterocycles. The Morgan fingerprint density at radius 1 is 1.32 bits per heavy atom. The molecule has 0 bridgehead atoms. The zero-order valence-electron chi connectivity index (χ0n) is 14.2. The molecule has 0 saturated carbocycles. The molecule has 0 aliphatic heterocycles. The lowest BCUT2D eigenvalue weighted by Gasteiger charge is -2.10. The molecule has 2 rings (SSSR count). The third-order valence-electron chi connectivity index (χ3n) is 3.50. The van der Waals surface area contributed by atoms with Crippen LogP contribution in [-0.2, 0) is 17.6 Å². The largest absolute Gasteiger partial charge is 0.495 e. The average molecular weight is 347 g/mol. The second-order valence-electron chi connectivity index (χ2n) is 5.48. The van der Waals surface area contributed by atoms with Crippen molar-refractivity contribution in [2.24, 2.45) is 0 Å². The normalized spacial score (nSPS) is 10.5. The molecule has 8 nitrogen and oxygen atoms in total. The van der Waals surface area contributed by atoms with Crippen molar-refractivity contribution < 1.29 is 24.0 Å². The molecule has 25 heavy (non-hydrogen) atoms. The number of aryl methyl sites for hydroxylation is 2. The monoisotopic (exact) mass is 347 g/mol. The maximum absolute atomic E-state index is 12.0. The van der Waals surface area contributed by atoms with Gasteiger partial charge < -0.3 is 19.7 Å². The van der Waals surface area contributed by atoms with E-state index in [1.54, 1.807) is 0 Å². The Labute approximate surface area is 145 Å². The first kappa shape index (κ1) is 18.4. The van der Waals surface area contributed by atoms with E-state index in [0.717, 1.165) is 12.8 Å². The number of rotatable bonds is 9. The van der Waals surface area contributed by atoms with Crippen molar-refractivity contribution in [3.63, 3.8) is 0 Å². The van der Waals surface area contributed by atoms with E-state index in [-0.39, 0.29) is 17.9 Å². The van der Waals surface area contributed by atoms with Gasteiger partial charge in [0.15, 0.2) is 5.82 Å². The summed E-state index contributed by atoms with van der Waals surface area (Å²) in [5.41, 5.74) is 0.523. The van der Waals surface area contributed by atoms with Crippen LogP contribution in [0.25, 0.3) is 0 Å². The molecule has 0 saturated heterocycles. The van der Waals surface area contributed by atoms with Gasteiger partial charge in [-0.25, -0.2) is 4.79 Å². The molecule has 0 fully saturated rings. The fourth-order valence-corrected chi connectivity index (χ4v) is 2.26. The van der Waals surface area contributed by atoms with E-state index >= 15 is 0 Å². The van der Waals surface area contributed by atoms with Gasteiger partial charge in [-0.15, -0.1) is 0 Å². The summed E-state index contributed by atoms with van der Waals surface area (Å²) >= 11 is 0. The fourth-order valence-electron chi connectivity index (χ4n) is 2.26. The highest BCUT2D eigenvalue weighted by Gasteiger charge is 2.12. The van der Waals surface area contributed by atoms with Gasteiger partial charge in [-0.05, 0) is 31.0 Å². The molecular weight excluding hydrogens is 326 g/mol.